The quantitative estimate of drug-likeness (QED) is 0.393. The van der Waals surface area contributed by atoms with Crippen LogP contribution in [0.15, 0.2) is 42.6 Å². The van der Waals surface area contributed by atoms with E-state index in [0.717, 1.165) is 32.5 Å². The number of piperazine rings is 1. The number of aromatic nitrogens is 3. The van der Waals surface area contributed by atoms with Crippen molar-refractivity contribution in [3.8, 4) is 21.8 Å². The van der Waals surface area contributed by atoms with E-state index in [1.54, 1.807) is 24.4 Å². The lowest BCUT2D eigenvalue weighted by Gasteiger charge is -2.33. The van der Waals surface area contributed by atoms with Crippen LogP contribution in [-0.4, -0.2) is 63.0 Å². The van der Waals surface area contributed by atoms with E-state index in [1.807, 2.05) is 41.8 Å². The normalized spacial score (nSPS) is 14.0. The van der Waals surface area contributed by atoms with Gasteiger partial charge in [0.15, 0.2) is 0 Å². The molecule has 0 radical (unpaired) electrons. The standard InChI is InChI=1S/C26H24ClN5O3S/c1-3-31-10-11-32(14-21(31)33)26-28-9-8-19(30-26)25-29-20-12-15(2)18(13-22(34)35)23(24(20)36-25)16-4-6-17(27)7-5-16/h4-9,12H,3,10-11,13-14H2,1-2H3,(H,34,35). The first kappa shape index (κ1) is 24.1. The maximum Gasteiger partial charge on any atom is 0.307 e. The van der Waals surface area contributed by atoms with Crippen LogP contribution in [0.25, 0.3) is 32.0 Å². The summed E-state index contributed by atoms with van der Waals surface area (Å²) in [4.78, 5) is 41.8. The van der Waals surface area contributed by atoms with Crippen molar-refractivity contribution in [2.24, 2.45) is 0 Å². The van der Waals surface area contributed by atoms with Gasteiger partial charge in [0.2, 0.25) is 11.9 Å². The summed E-state index contributed by atoms with van der Waals surface area (Å²) in [6.07, 6.45) is 1.59. The monoisotopic (exact) mass is 521 g/mol. The second-order valence-electron chi connectivity index (χ2n) is 8.63. The third-order valence-electron chi connectivity index (χ3n) is 6.32. The Kier molecular flexibility index (Phi) is 6.59. The first-order chi connectivity index (χ1) is 17.3. The van der Waals surface area contributed by atoms with Crippen molar-refractivity contribution in [2.45, 2.75) is 20.3 Å². The largest absolute Gasteiger partial charge is 0.481 e. The molecule has 2 aromatic heterocycles. The smallest absolute Gasteiger partial charge is 0.307 e. The van der Waals surface area contributed by atoms with Crippen LogP contribution in [0.3, 0.4) is 0 Å². The van der Waals surface area contributed by atoms with Crippen molar-refractivity contribution >= 4 is 51.0 Å². The molecule has 1 aliphatic heterocycles. The molecule has 4 aromatic rings. The van der Waals surface area contributed by atoms with Crippen LogP contribution in [0.4, 0.5) is 5.95 Å². The molecule has 3 heterocycles. The van der Waals surface area contributed by atoms with E-state index in [-0.39, 0.29) is 18.9 Å². The van der Waals surface area contributed by atoms with Gasteiger partial charge < -0.3 is 14.9 Å². The Morgan fingerprint density at radius 3 is 2.64 bits per heavy atom. The Bertz CT molecular complexity index is 1470. The second-order valence-corrected chi connectivity index (χ2v) is 10.1. The van der Waals surface area contributed by atoms with E-state index >= 15 is 0 Å². The number of benzene rings is 2. The van der Waals surface area contributed by atoms with E-state index in [9.17, 15) is 14.7 Å². The minimum Gasteiger partial charge on any atom is -0.481 e. The molecule has 10 heteroatoms. The summed E-state index contributed by atoms with van der Waals surface area (Å²) in [6.45, 7) is 6.13. The fraction of sp³-hybridized carbons (Fsp3) is 0.269. The molecule has 1 fully saturated rings. The second kappa shape index (κ2) is 9.83. The van der Waals surface area contributed by atoms with E-state index in [1.165, 1.54) is 11.3 Å². The number of fused-ring (bicyclic) bond motifs is 1. The number of amides is 1. The summed E-state index contributed by atoms with van der Waals surface area (Å²) in [7, 11) is 0. The number of carbonyl (C=O) groups excluding carboxylic acids is 1. The van der Waals surface area contributed by atoms with Crippen LogP contribution in [0.1, 0.15) is 18.1 Å². The summed E-state index contributed by atoms with van der Waals surface area (Å²) in [5, 5.41) is 10.9. The number of carbonyl (C=O) groups is 2. The lowest BCUT2D eigenvalue weighted by Crippen LogP contribution is -2.50. The number of halogens is 1. The van der Waals surface area contributed by atoms with E-state index < -0.39 is 5.97 Å². The molecule has 0 unspecified atom stereocenters. The highest BCUT2D eigenvalue weighted by Gasteiger charge is 2.25. The highest BCUT2D eigenvalue weighted by molar-refractivity contribution is 7.22. The molecule has 1 N–H and O–H groups in total. The third kappa shape index (κ3) is 4.64. The summed E-state index contributed by atoms with van der Waals surface area (Å²) in [5.74, 6) is -0.334. The van der Waals surface area contributed by atoms with Gasteiger partial charge in [-0.25, -0.2) is 15.0 Å². The van der Waals surface area contributed by atoms with Crippen molar-refractivity contribution in [1.82, 2.24) is 19.9 Å². The fourth-order valence-corrected chi connectivity index (χ4v) is 5.71. The average molecular weight is 522 g/mol. The summed E-state index contributed by atoms with van der Waals surface area (Å²) in [6, 6.07) is 11.1. The predicted octanol–water partition coefficient (Wildman–Crippen LogP) is 4.68. The first-order valence-corrected chi connectivity index (χ1v) is 12.8. The molecule has 0 saturated carbocycles. The van der Waals surface area contributed by atoms with Crippen molar-refractivity contribution in [3.63, 3.8) is 0 Å². The number of aryl methyl sites for hydroxylation is 1. The summed E-state index contributed by atoms with van der Waals surface area (Å²) < 4.78 is 0.890. The van der Waals surface area contributed by atoms with Crippen molar-refractivity contribution in [3.05, 3.63) is 58.7 Å². The van der Waals surface area contributed by atoms with E-state index in [2.05, 4.69) is 4.98 Å². The number of anilines is 1. The van der Waals surface area contributed by atoms with Gasteiger partial charge in [0.25, 0.3) is 0 Å². The molecule has 184 valence electrons. The minimum absolute atomic E-state index is 0.0618. The van der Waals surface area contributed by atoms with Crippen LogP contribution < -0.4 is 4.90 Å². The van der Waals surface area contributed by atoms with Crippen LogP contribution in [-0.2, 0) is 16.0 Å². The number of hydrogen-bond acceptors (Lipinski definition) is 7. The van der Waals surface area contributed by atoms with Crippen LogP contribution in [0.2, 0.25) is 5.02 Å². The molecule has 0 aliphatic carbocycles. The maximum absolute atomic E-state index is 12.4. The molecule has 5 rings (SSSR count). The zero-order chi connectivity index (χ0) is 25.4. The van der Waals surface area contributed by atoms with Crippen LogP contribution in [0, 0.1) is 6.92 Å². The molecule has 1 amide bonds. The van der Waals surface area contributed by atoms with Gasteiger partial charge in [-0.15, -0.1) is 11.3 Å². The lowest BCUT2D eigenvalue weighted by molar-refractivity contribution is -0.136. The molecule has 8 nitrogen and oxygen atoms in total. The molecule has 0 bridgehead atoms. The highest BCUT2D eigenvalue weighted by atomic mass is 35.5. The highest BCUT2D eigenvalue weighted by Crippen LogP contribution is 2.40. The van der Waals surface area contributed by atoms with Crippen molar-refractivity contribution in [1.29, 1.82) is 0 Å². The van der Waals surface area contributed by atoms with Gasteiger partial charge in [-0.05, 0) is 54.8 Å². The molecule has 1 aliphatic rings. The summed E-state index contributed by atoms with van der Waals surface area (Å²) >= 11 is 7.58. The molecule has 1 saturated heterocycles. The van der Waals surface area contributed by atoms with Crippen molar-refractivity contribution < 1.29 is 14.7 Å². The Morgan fingerprint density at radius 2 is 1.94 bits per heavy atom. The van der Waals surface area contributed by atoms with Gasteiger partial charge >= 0.3 is 5.97 Å². The van der Waals surface area contributed by atoms with Gasteiger partial charge in [0.05, 0.1) is 23.2 Å². The Hall–Kier alpha value is -3.56. The van der Waals surface area contributed by atoms with Crippen LogP contribution in [0.5, 0.6) is 0 Å². The number of aliphatic carboxylic acids is 1. The maximum atomic E-state index is 12.4. The van der Waals surface area contributed by atoms with E-state index in [0.29, 0.717) is 41.3 Å². The SMILES string of the molecule is CCN1CCN(c2nccc(-c3nc4cc(C)c(CC(=O)O)c(-c5ccc(Cl)cc5)c4s3)n2)CC1=O. The number of hydrogen-bond donors (Lipinski definition) is 1. The average Bonchev–Trinajstić information content (AvgIpc) is 3.28. The molecular weight excluding hydrogens is 498 g/mol. The number of carboxylic acids is 1. The van der Waals surface area contributed by atoms with Crippen LogP contribution >= 0.6 is 22.9 Å². The topological polar surface area (TPSA) is 99.5 Å². The van der Waals surface area contributed by atoms with Gasteiger partial charge in [0, 0.05) is 36.4 Å². The van der Waals surface area contributed by atoms with Gasteiger partial charge in [0.1, 0.15) is 10.7 Å². The molecule has 36 heavy (non-hydrogen) atoms. The number of thiazole rings is 1. The summed E-state index contributed by atoms with van der Waals surface area (Å²) in [5.41, 5.74) is 4.79. The van der Waals surface area contributed by atoms with Gasteiger partial charge in [-0.1, -0.05) is 23.7 Å². The minimum atomic E-state index is -0.893. The molecule has 2 aromatic carbocycles. The number of carboxylic acid groups (broad SMARTS) is 1. The zero-order valence-corrected chi connectivity index (χ0v) is 21.4. The Morgan fingerprint density at radius 1 is 1.17 bits per heavy atom. The number of likely N-dealkylation sites (N-methyl/N-ethyl adjacent to an activating group) is 1. The lowest BCUT2D eigenvalue weighted by atomic mass is 9.93. The predicted molar refractivity (Wildman–Crippen MR) is 142 cm³/mol. The molecule has 0 spiro atoms. The van der Waals surface area contributed by atoms with Gasteiger partial charge in [-0.3, -0.25) is 9.59 Å². The van der Waals surface area contributed by atoms with Gasteiger partial charge in [-0.2, -0.15) is 0 Å². The van der Waals surface area contributed by atoms with E-state index in [4.69, 9.17) is 21.6 Å². The Labute approximate surface area is 217 Å². The fourth-order valence-electron chi connectivity index (χ4n) is 4.48. The molecular formula is C26H24ClN5O3S. The number of rotatable bonds is 6. The zero-order valence-electron chi connectivity index (χ0n) is 19.9. The Balaban J connectivity index is 1.59. The molecule has 0 atom stereocenters. The third-order valence-corrected chi connectivity index (χ3v) is 7.68. The number of nitrogens with zero attached hydrogens (tertiary/aromatic N) is 5. The first-order valence-electron chi connectivity index (χ1n) is 11.6. The van der Waals surface area contributed by atoms with Crippen molar-refractivity contribution in [2.75, 3.05) is 31.1 Å².